The van der Waals surface area contributed by atoms with Crippen molar-refractivity contribution in [1.82, 2.24) is 0 Å². The number of para-hydroxylation sites is 1. The molecule has 0 atom stereocenters. The van der Waals surface area contributed by atoms with Crippen molar-refractivity contribution in [2.24, 2.45) is 0 Å². The number of carbonyl (C=O) groups excluding carboxylic acids is 2. The number of hydrogen-bond acceptors (Lipinski definition) is 4. The van der Waals surface area contributed by atoms with E-state index in [0.29, 0.717) is 29.3 Å². The molecule has 0 aliphatic carbocycles. The SMILES string of the molecule is CCOc1ccc(NC(=O)c2ccccc2NC(=O)CCCC(=O)O)cc1. The minimum atomic E-state index is -0.946. The maximum atomic E-state index is 12.6. The van der Waals surface area contributed by atoms with E-state index in [1.54, 1.807) is 48.5 Å². The van der Waals surface area contributed by atoms with Crippen LogP contribution in [0.15, 0.2) is 48.5 Å². The number of benzene rings is 2. The number of rotatable bonds is 9. The van der Waals surface area contributed by atoms with Crippen LogP contribution < -0.4 is 15.4 Å². The zero-order valence-electron chi connectivity index (χ0n) is 15.0. The van der Waals surface area contributed by atoms with Crippen LogP contribution in [0.2, 0.25) is 0 Å². The van der Waals surface area contributed by atoms with Gasteiger partial charge in [0, 0.05) is 18.5 Å². The molecule has 7 nitrogen and oxygen atoms in total. The number of aliphatic carboxylic acids is 1. The maximum absolute atomic E-state index is 12.6. The van der Waals surface area contributed by atoms with E-state index < -0.39 is 5.97 Å². The van der Waals surface area contributed by atoms with Crippen LogP contribution in [0.3, 0.4) is 0 Å². The molecule has 0 saturated carbocycles. The number of ether oxygens (including phenoxy) is 1. The highest BCUT2D eigenvalue weighted by Crippen LogP contribution is 2.20. The van der Waals surface area contributed by atoms with Gasteiger partial charge in [0.1, 0.15) is 5.75 Å². The summed E-state index contributed by atoms with van der Waals surface area (Å²) in [6.07, 6.45) is 0.232. The highest BCUT2D eigenvalue weighted by Gasteiger charge is 2.13. The Kier molecular flexibility index (Phi) is 7.37. The minimum Gasteiger partial charge on any atom is -0.494 e. The second-order valence-electron chi connectivity index (χ2n) is 5.75. The Balaban J connectivity index is 2.01. The van der Waals surface area contributed by atoms with Crippen molar-refractivity contribution in [3.05, 3.63) is 54.1 Å². The molecule has 0 heterocycles. The van der Waals surface area contributed by atoms with Gasteiger partial charge in [-0.25, -0.2) is 0 Å². The molecule has 2 rings (SSSR count). The molecule has 2 amide bonds. The van der Waals surface area contributed by atoms with Gasteiger partial charge in [0.2, 0.25) is 5.91 Å². The van der Waals surface area contributed by atoms with Crippen LogP contribution in [0.1, 0.15) is 36.5 Å². The summed E-state index contributed by atoms with van der Waals surface area (Å²) in [4.78, 5) is 35.1. The Hall–Kier alpha value is -3.35. The highest BCUT2D eigenvalue weighted by molar-refractivity contribution is 6.10. The van der Waals surface area contributed by atoms with E-state index in [1.165, 1.54) is 0 Å². The molecule has 142 valence electrons. The fourth-order valence-corrected chi connectivity index (χ4v) is 2.40. The van der Waals surface area contributed by atoms with Gasteiger partial charge in [-0.05, 0) is 49.7 Å². The van der Waals surface area contributed by atoms with Crippen LogP contribution in [0.4, 0.5) is 11.4 Å². The van der Waals surface area contributed by atoms with Gasteiger partial charge in [-0.1, -0.05) is 12.1 Å². The van der Waals surface area contributed by atoms with Gasteiger partial charge in [0.25, 0.3) is 5.91 Å². The average Bonchev–Trinajstić information content (AvgIpc) is 2.63. The molecule has 0 aromatic heterocycles. The lowest BCUT2D eigenvalue weighted by Gasteiger charge is -2.12. The zero-order valence-corrected chi connectivity index (χ0v) is 15.0. The number of carbonyl (C=O) groups is 3. The quantitative estimate of drug-likeness (QED) is 0.626. The Morgan fingerprint density at radius 3 is 2.33 bits per heavy atom. The number of carboxylic acids is 1. The van der Waals surface area contributed by atoms with Gasteiger partial charge in [-0.15, -0.1) is 0 Å². The lowest BCUT2D eigenvalue weighted by molar-refractivity contribution is -0.137. The Labute approximate surface area is 157 Å². The molecular weight excluding hydrogens is 348 g/mol. The van der Waals surface area contributed by atoms with E-state index in [-0.39, 0.29) is 31.1 Å². The smallest absolute Gasteiger partial charge is 0.303 e. The van der Waals surface area contributed by atoms with E-state index in [9.17, 15) is 14.4 Å². The predicted octanol–water partition coefficient (Wildman–Crippen LogP) is 3.53. The van der Waals surface area contributed by atoms with Gasteiger partial charge >= 0.3 is 5.97 Å². The van der Waals surface area contributed by atoms with Crippen molar-refractivity contribution in [2.75, 3.05) is 17.2 Å². The number of carboxylic acid groups (broad SMARTS) is 1. The minimum absolute atomic E-state index is 0.0706. The summed E-state index contributed by atoms with van der Waals surface area (Å²) in [5.74, 6) is -0.930. The van der Waals surface area contributed by atoms with E-state index in [4.69, 9.17) is 9.84 Å². The fraction of sp³-hybridized carbons (Fsp3) is 0.250. The number of amides is 2. The Bertz CT molecular complexity index is 802. The van der Waals surface area contributed by atoms with Crippen molar-refractivity contribution in [3.63, 3.8) is 0 Å². The summed E-state index contributed by atoms with van der Waals surface area (Å²) in [6.45, 7) is 2.45. The Morgan fingerprint density at radius 1 is 0.963 bits per heavy atom. The first-order chi connectivity index (χ1) is 13.0. The van der Waals surface area contributed by atoms with Crippen molar-refractivity contribution >= 4 is 29.2 Å². The molecule has 0 spiro atoms. The fourth-order valence-electron chi connectivity index (χ4n) is 2.40. The zero-order chi connectivity index (χ0) is 19.6. The summed E-state index contributed by atoms with van der Waals surface area (Å²) in [7, 11) is 0. The van der Waals surface area contributed by atoms with Gasteiger partial charge in [-0.3, -0.25) is 14.4 Å². The number of hydrogen-bond donors (Lipinski definition) is 3. The molecule has 0 bridgehead atoms. The summed E-state index contributed by atoms with van der Waals surface area (Å²) in [6, 6.07) is 13.6. The molecular formula is C20H22N2O5. The van der Waals surface area contributed by atoms with Crippen molar-refractivity contribution < 1.29 is 24.2 Å². The third kappa shape index (κ3) is 6.47. The summed E-state index contributed by atoms with van der Waals surface area (Å²) in [5.41, 5.74) is 1.30. The van der Waals surface area contributed by atoms with Gasteiger partial charge in [-0.2, -0.15) is 0 Å². The van der Waals surface area contributed by atoms with Crippen molar-refractivity contribution in [3.8, 4) is 5.75 Å². The maximum Gasteiger partial charge on any atom is 0.303 e. The number of nitrogens with one attached hydrogen (secondary N) is 2. The first kappa shape index (κ1) is 20.0. The largest absolute Gasteiger partial charge is 0.494 e. The third-order valence-electron chi connectivity index (χ3n) is 3.66. The summed E-state index contributed by atoms with van der Waals surface area (Å²) < 4.78 is 5.36. The average molecular weight is 370 g/mol. The van der Waals surface area contributed by atoms with Crippen LogP contribution >= 0.6 is 0 Å². The normalized spacial score (nSPS) is 10.1. The monoisotopic (exact) mass is 370 g/mol. The predicted molar refractivity (Wildman–Crippen MR) is 102 cm³/mol. The van der Waals surface area contributed by atoms with Gasteiger partial charge < -0.3 is 20.5 Å². The molecule has 7 heteroatoms. The molecule has 0 aliphatic heterocycles. The molecule has 0 aliphatic rings. The molecule has 0 radical (unpaired) electrons. The Morgan fingerprint density at radius 2 is 1.67 bits per heavy atom. The third-order valence-corrected chi connectivity index (χ3v) is 3.66. The molecule has 0 unspecified atom stereocenters. The standard InChI is InChI=1S/C20H22N2O5/c1-2-27-15-12-10-14(11-13-15)21-20(26)16-6-3-4-7-17(16)22-18(23)8-5-9-19(24)25/h3-4,6-7,10-13H,2,5,8-9H2,1H3,(H,21,26)(H,22,23)(H,24,25). The molecule has 3 N–H and O–H groups in total. The number of anilines is 2. The van der Waals surface area contributed by atoms with Gasteiger partial charge in [0.05, 0.1) is 17.9 Å². The molecule has 27 heavy (non-hydrogen) atoms. The second-order valence-corrected chi connectivity index (χ2v) is 5.75. The van der Waals surface area contributed by atoms with Crippen LogP contribution in [0.5, 0.6) is 5.75 Å². The molecule has 0 fully saturated rings. The van der Waals surface area contributed by atoms with Crippen LogP contribution in [0, 0.1) is 0 Å². The van der Waals surface area contributed by atoms with Crippen LogP contribution in [-0.4, -0.2) is 29.5 Å². The van der Waals surface area contributed by atoms with E-state index >= 15 is 0 Å². The van der Waals surface area contributed by atoms with Crippen molar-refractivity contribution in [2.45, 2.75) is 26.2 Å². The first-order valence-electron chi connectivity index (χ1n) is 8.64. The lowest BCUT2D eigenvalue weighted by Crippen LogP contribution is -2.18. The van der Waals surface area contributed by atoms with E-state index in [2.05, 4.69) is 10.6 Å². The lowest BCUT2D eigenvalue weighted by atomic mass is 10.1. The molecule has 2 aromatic rings. The van der Waals surface area contributed by atoms with E-state index in [1.807, 2.05) is 6.92 Å². The molecule has 0 saturated heterocycles. The van der Waals surface area contributed by atoms with Gasteiger partial charge in [0.15, 0.2) is 0 Å². The van der Waals surface area contributed by atoms with E-state index in [0.717, 1.165) is 0 Å². The molecule has 2 aromatic carbocycles. The van der Waals surface area contributed by atoms with Crippen molar-refractivity contribution in [1.29, 1.82) is 0 Å². The highest BCUT2D eigenvalue weighted by atomic mass is 16.5. The second kappa shape index (κ2) is 9.96. The van der Waals surface area contributed by atoms with Crippen LogP contribution in [-0.2, 0) is 9.59 Å². The summed E-state index contributed by atoms with van der Waals surface area (Å²) in [5, 5.41) is 14.1. The summed E-state index contributed by atoms with van der Waals surface area (Å²) >= 11 is 0. The first-order valence-corrected chi connectivity index (χ1v) is 8.64. The topological polar surface area (TPSA) is 105 Å². The van der Waals surface area contributed by atoms with Crippen LogP contribution in [0.25, 0.3) is 0 Å².